The first kappa shape index (κ1) is 29.0. The molecule has 5 rings (SSSR count). The molecular weight excluding hydrogens is 644 g/mol. The molecule has 1 atom stereocenters. The summed E-state index contributed by atoms with van der Waals surface area (Å²) < 4.78 is 84.3. The molecule has 0 bridgehead atoms. The van der Waals surface area contributed by atoms with Crippen molar-refractivity contribution in [1.29, 1.82) is 0 Å². The molecular formula is C24H20BrF6N7O2S. The number of hydrogen-bond acceptors (Lipinski definition) is 6. The van der Waals surface area contributed by atoms with Gasteiger partial charge in [-0.1, -0.05) is 0 Å². The van der Waals surface area contributed by atoms with Crippen LogP contribution in [-0.4, -0.2) is 36.4 Å². The molecule has 0 spiro atoms. The fourth-order valence-electron chi connectivity index (χ4n) is 4.48. The Kier molecular flexibility index (Phi) is 6.95. The van der Waals surface area contributed by atoms with Crippen LogP contribution < -0.4 is 11.1 Å². The first-order chi connectivity index (χ1) is 19.0. The van der Waals surface area contributed by atoms with Gasteiger partial charge in [-0.15, -0.1) is 11.3 Å². The first-order valence-corrected chi connectivity index (χ1v) is 13.6. The van der Waals surface area contributed by atoms with Crippen LogP contribution in [0.1, 0.15) is 64.2 Å². The molecule has 17 heteroatoms. The van der Waals surface area contributed by atoms with E-state index < -0.39 is 41.6 Å². The first-order valence-electron chi connectivity index (χ1n) is 12.0. The van der Waals surface area contributed by atoms with Crippen LogP contribution in [0.5, 0.6) is 0 Å². The third-order valence-corrected chi connectivity index (χ3v) is 8.70. The summed E-state index contributed by atoms with van der Waals surface area (Å²) in [7, 11) is 1.59. The van der Waals surface area contributed by atoms with Gasteiger partial charge in [0, 0.05) is 29.6 Å². The highest BCUT2D eigenvalue weighted by Crippen LogP contribution is 2.48. The molecule has 1 aliphatic carbocycles. The summed E-state index contributed by atoms with van der Waals surface area (Å²) in [5.41, 5.74) is 3.87. The van der Waals surface area contributed by atoms with Gasteiger partial charge >= 0.3 is 12.4 Å². The Labute approximate surface area is 239 Å². The number of rotatable bonds is 6. The lowest BCUT2D eigenvalue weighted by atomic mass is 10.0. The van der Waals surface area contributed by atoms with E-state index in [0.717, 1.165) is 10.7 Å². The van der Waals surface area contributed by atoms with E-state index in [1.807, 2.05) is 0 Å². The predicted octanol–water partition coefficient (Wildman–Crippen LogP) is 6.18. The molecule has 4 aromatic heterocycles. The van der Waals surface area contributed by atoms with Crippen LogP contribution in [0.25, 0.3) is 21.3 Å². The van der Waals surface area contributed by atoms with E-state index in [2.05, 4.69) is 36.4 Å². The molecule has 218 valence electrons. The Morgan fingerprint density at radius 1 is 1.17 bits per heavy atom. The Morgan fingerprint density at radius 3 is 2.34 bits per heavy atom. The van der Waals surface area contributed by atoms with E-state index in [1.54, 1.807) is 14.0 Å². The van der Waals surface area contributed by atoms with Gasteiger partial charge in [-0.2, -0.15) is 36.5 Å². The number of thiophene rings is 1. The minimum atomic E-state index is -4.84. The number of halogens is 7. The summed E-state index contributed by atoms with van der Waals surface area (Å²) in [6, 6.07) is -0.520. The SMILES string of the molecule is Cc1c(-c2cc(C(F)(F)F)nc3sc(C(N)=O)c(NC(=O)C(C)n4nc(C(F)(F)F)c(Br)c4C4CC4)c23)cnn1C. The number of nitrogens with two attached hydrogens (primary N) is 1. The van der Waals surface area contributed by atoms with Crippen LogP contribution in [0.4, 0.5) is 32.0 Å². The second-order valence-electron chi connectivity index (χ2n) is 9.60. The van der Waals surface area contributed by atoms with Gasteiger partial charge in [-0.05, 0) is 54.2 Å². The minimum Gasteiger partial charge on any atom is -0.365 e. The molecule has 0 saturated heterocycles. The lowest BCUT2D eigenvalue weighted by Crippen LogP contribution is -2.27. The fourth-order valence-corrected chi connectivity index (χ4v) is 6.29. The maximum atomic E-state index is 13.8. The number of aryl methyl sites for hydroxylation is 1. The fraction of sp³-hybridized carbons (Fsp3) is 0.375. The van der Waals surface area contributed by atoms with Crippen molar-refractivity contribution in [3.63, 3.8) is 0 Å². The van der Waals surface area contributed by atoms with Crippen molar-refractivity contribution < 1.29 is 35.9 Å². The number of anilines is 1. The molecule has 1 saturated carbocycles. The minimum absolute atomic E-state index is 0.00786. The molecule has 0 aromatic carbocycles. The zero-order valence-electron chi connectivity index (χ0n) is 21.4. The largest absolute Gasteiger partial charge is 0.436 e. The van der Waals surface area contributed by atoms with Gasteiger partial charge in [0.15, 0.2) is 5.69 Å². The van der Waals surface area contributed by atoms with Crippen LogP contribution in [0.15, 0.2) is 16.7 Å². The lowest BCUT2D eigenvalue weighted by Gasteiger charge is -2.17. The van der Waals surface area contributed by atoms with Gasteiger partial charge in [0.05, 0.1) is 22.1 Å². The molecule has 2 amide bonds. The van der Waals surface area contributed by atoms with E-state index in [4.69, 9.17) is 5.73 Å². The predicted molar refractivity (Wildman–Crippen MR) is 140 cm³/mol. The van der Waals surface area contributed by atoms with Crippen LogP contribution >= 0.6 is 27.3 Å². The third kappa shape index (κ3) is 5.09. The Bertz CT molecular complexity index is 1720. The number of alkyl halides is 6. The Morgan fingerprint density at radius 2 is 1.83 bits per heavy atom. The van der Waals surface area contributed by atoms with Crippen molar-refractivity contribution in [2.75, 3.05) is 5.32 Å². The molecule has 41 heavy (non-hydrogen) atoms. The number of amides is 2. The molecule has 4 heterocycles. The number of nitrogens with one attached hydrogen (secondary N) is 1. The number of aromatic nitrogens is 5. The Balaban J connectivity index is 1.67. The van der Waals surface area contributed by atoms with E-state index in [-0.39, 0.29) is 48.0 Å². The maximum Gasteiger partial charge on any atom is 0.436 e. The smallest absolute Gasteiger partial charge is 0.365 e. The van der Waals surface area contributed by atoms with Gasteiger partial charge in [-0.25, -0.2) is 4.98 Å². The molecule has 0 aliphatic heterocycles. The second kappa shape index (κ2) is 9.82. The quantitative estimate of drug-likeness (QED) is 0.239. The van der Waals surface area contributed by atoms with Gasteiger partial charge in [0.25, 0.3) is 5.91 Å². The van der Waals surface area contributed by atoms with Gasteiger partial charge in [0.2, 0.25) is 5.91 Å². The molecule has 9 nitrogen and oxygen atoms in total. The molecule has 1 fully saturated rings. The van der Waals surface area contributed by atoms with Crippen molar-refractivity contribution in [1.82, 2.24) is 24.5 Å². The van der Waals surface area contributed by atoms with Crippen LogP contribution in [0.2, 0.25) is 0 Å². The number of carbonyl (C=O) groups is 2. The van der Waals surface area contributed by atoms with Gasteiger partial charge in [0.1, 0.15) is 21.4 Å². The average molecular weight is 664 g/mol. The molecule has 4 aromatic rings. The van der Waals surface area contributed by atoms with Crippen LogP contribution in [0.3, 0.4) is 0 Å². The van der Waals surface area contributed by atoms with E-state index in [0.29, 0.717) is 29.9 Å². The normalized spacial score (nSPS) is 15.0. The van der Waals surface area contributed by atoms with E-state index in [9.17, 15) is 35.9 Å². The molecule has 0 radical (unpaired) electrons. The number of pyridine rings is 1. The van der Waals surface area contributed by atoms with Crippen molar-refractivity contribution in [3.8, 4) is 11.1 Å². The number of primary amides is 1. The summed E-state index contributed by atoms with van der Waals surface area (Å²) in [6.45, 7) is 2.95. The topological polar surface area (TPSA) is 121 Å². The summed E-state index contributed by atoms with van der Waals surface area (Å²) in [5, 5.41) is 10.3. The third-order valence-electron chi connectivity index (χ3n) is 6.82. The summed E-state index contributed by atoms with van der Waals surface area (Å²) in [6.07, 6.45) is -7.07. The zero-order chi connectivity index (χ0) is 30.2. The van der Waals surface area contributed by atoms with Crippen molar-refractivity contribution in [3.05, 3.63) is 44.4 Å². The van der Waals surface area contributed by atoms with E-state index in [1.165, 1.54) is 17.8 Å². The van der Waals surface area contributed by atoms with Gasteiger partial charge < -0.3 is 11.1 Å². The Hall–Kier alpha value is -3.47. The summed E-state index contributed by atoms with van der Waals surface area (Å²) >= 11 is 3.54. The number of carbonyl (C=O) groups excluding carboxylic acids is 2. The van der Waals surface area contributed by atoms with E-state index >= 15 is 0 Å². The molecule has 1 aliphatic rings. The maximum absolute atomic E-state index is 13.8. The lowest BCUT2D eigenvalue weighted by molar-refractivity contribution is -0.142. The van der Waals surface area contributed by atoms with Crippen molar-refractivity contribution in [2.45, 2.75) is 51.0 Å². The average Bonchev–Trinajstić information content (AvgIpc) is 3.42. The van der Waals surface area contributed by atoms with Gasteiger partial charge in [-0.3, -0.25) is 19.0 Å². The molecule has 1 unspecified atom stereocenters. The van der Waals surface area contributed by atoms with Crippen LogP contribution in [-0.2, 0) is 24.2 Å². The number of fused-ring (bicyclic) bond motifs is 1. The summed E-state index contributed by atoms with van der Waals surface area (Å²) in [4.78, 5) is 29.1. The monoisotopic (exact) mass is 663 g/mol. The highest BCUT2D eigenvalue weighted by Gasteiger charge is 2.43. The number of hydrogen-bond donors (Lipinski definition) is 2. The second-order valence-corrected chi connectivity index (χ2v) is 11.4. The summed E-state index contributed by atoms with van der Waals surface area (Å²) in [5.74, 6) is -2.15. The van der Waals surface area contributed by atoms with Crippen molar-refractivity contribution in [2.24, 2.45) is 12.8 Å². The van der Waals surface area contributed by atoms with Crippen LogP contribution in [0, 0.1) is 6.92 Å². The highest BCUT2D eigenvalue weighted by atomic mass is 79.9. The zero-order valence-corrected chi connectivity index (χ0v) is 23.8. The highest BCUT2D eigenvalue weighted by molar-refractivity contribution is 9.10. The standard InChI is InChI=1S/C24H20BrF6N7O2S/c1-8-12(7-33-37(8)3)11-6-13(23(26,27)28)34-22-14(11)16(18(41-22)20(32)39)35-21(40)9(2)38-17(10-4-5-10)15(25)19(36-38)24(29,30)31/h6-7,9-10H,4-5H2,1-3H3,(H2,32,39)(H,35,40). The molecule has 3 N–H and O–H groups in total. The van der Waals surface area contributed by atoms with Crippen molar-refractivity contribution >= 4 is 55.0 Å². The number of nitrogens with zero attached hydrogens (tertiary/aromatic N) is 5.